The maximum Gasteiger partial charge on any atom is 0.0601 e. The molecule has 0 unspecified atom stereocenters. The lowest BCUT2D eigenvalue weighted by molar-refractivity contribution is 1.02. The summed E-state index contributed by atoms with van der Waals surface area (Å²) in [5.41, 5.74) is 2.67. The van der Waals surface area contributed by atoms with Crippen molar-refractivity contribution in [3.63, 3.8) is 0 Å². The fourth-order valence-corrected chi connectivity index (χ4v) is 2.21. The van der Waals surface area contributed by atoms with E-state index >= 15 is 0 Å². The van der Waals surface area contributed by atoms with Gasteiger partial charge in [0, 0.05) is 22.7 Å². The molecule has 2 rings (SSSR count). The highest BCUT2D eigenvalue weighted by atomic mass is 35.5. The molecule has 2 aromatic carbocycles. The quantitative estimate of drug-likeness (QED) is 0.514. The SMILES string of the molecule is CN(N)c1cccc(Cl)c1/C=C/c1ccccc1Cl. The molecule has 98 valence electrons. The summed E-state index contributed by atoms with van der Waals surface area (Å²) in [6, 6.07) is 13.3. The average molecular weight is 293 g/mol. The third-order valence-corrected chi connectivity index (χ3v) is 3.42. The smallest absolute Gasteiger partial charge is 0.0601 e. The van der Waals surface area contributed by atoms with Crippen LogP contribution in [0.15, 0.2) is 42.5 Å². The highest BCUT2D eigenvalue weighted by Gasteiger charge is 2.06. The van der Waals surface area contributed by atoms with Crippen LogP contribution >= 0.6 is 23.2 Å². The van der Waals surface area contributed by atoms with Crippen molar-refractivity contribution in [1.29, 1.82) is 0 Å². The molecule has 4 heteroatoms. The van der Waals surface area contributed by atoms with Crippen molar-refractivity contribution < 1.29 is 0 Å². The summed E-state index contributed by atoms with van der Waals surface area (Å²) in [6.07, 6.45) is 3.85. The number of hydrazine groups is 1. The van der Waals surface area contributed by atoms with Crippen LogP contribution < -0.4 is 10.9 Å². The molecule has 0 amide bonds. The van der Waals surface area contributed by atoms with Gasteiger partial charge in [-0.3, -0.25) is 0 Å². The van der Waals surface area contributed by atoms with Gasteiger partial charge in [-0.15, -0.1) is 0 Å². The zero-order valence-electron chi connectivity index (χ0n) is 10.5. The van der Waals surface area contributed by atoms with Crippen LogP contribution in [-0.2, 0) is 0 Å². The van der Waals surface area contributed by atoms with Crippen LogP contribution in [0, 0.1) is 0 Å². The Bertz CT molecular complexity index is 607. The Morgan fingerprint density at radius 3 is 2.32 bits per heavy atom. The summed E-state index contributed by atoms with van der Waals surface area (Å²) in [6.45, 7) is 0. The van der Waals surface area contributed by atoms with Gasteiger partial charge < -0.3 is 5.01 Å². The van der Waals surface area contributed by atoms with Crippen molar-refractivity contribution in [3.05, 3.63) is 63.6 Å². The topological polar surface area (TPSA) is 29.3 Å². The van der Waals surface area contributed by atoms with Gasteiger partial charge in [0.05, 0.1) is 5.69 Å². The standard InChI is InChI=1S/C15H14Cl2N2/c1-19(18)15-8-4-7-14(17)12(15)10-9-11-5-2-3-6-13(11)16/h2-10H,18H2,1H3/b10-9+. The fourth-order valence-electron chi connectivity index (χ4n) is 1.78. The van der Waals surface area contributed by atoms with Crippen LogP contribution in [0.4, 0.5) is 5.69 Å². The van der Waals surface area contributed by atoms with Gasteiger partial charge >= 0.3 is 0 Å². The van der Waals surface area contributed by atoms with Gasteiger partial charge in [0.25, 0.3) is 0 Å². The number of rotatable bonds is 3. The van der Waals surface area contributed by atoms with E-state index in [0.29, 0.717) is 10.0 Å². The van der Waals surface area contributed by atoms with E-state index in [2.05, 4.69) is 0 Å². The predicted molar refractivity (Wildman–Crippen MR) is 84.4 cm³/mol. The number of benzene rings is 2. The summed E-state index contributed by atoms with van der Waals surface area (Å²) in [4.78, 5) is 0. The third kappa shape index (κ3) is 3.29. The molecule has 19 heavy (non-hydrogen) atoms. The van der Waals surface area contributed by atoms with Crippen LogP contribution in [-0.4, -0.2) is 7.05 Å². The number of hydrogen-bond donors (Lipinski definition) is 1. The van der Waals surface area contributed by atoms with E-state index in [1.54, 1.807) is 7.05 Å². The second-order valence-corrected chi connectivity index (χ2v) is 4.95. The molecule has 2 aromatic rings. The van der Waals surface area contributed by atoms with Gasteiger partial charge in [-0.2, -0.15) is 0 Å². The first-order valence-electron chi connectivity index (χ1n) is 5.79. The fraction of sp³-hybridized carbons (Fsp3) is 0.0667. The molecule has 0 saturated heterocycles. The van der Waals surface area contributed by atoms with E-state index < -0.39 is 0 Å². The van der Waals surface area contributed by atoms with Crippen LogP contribution in [0.1, 0.15) is 11.1 Å². The van der Waals surface area contributed by atoms with E-state index in [4.69, 9.17) is 29.0 Å². The molecule has 0 aliphatic carbocycles. The van der Waals surface area contributed by atoms with Gasteiger partial charge in [0.15, 0.2) is 0 Å². The first-order chi connectivity index (χ1) is 9.09. The lowest BCUT2D eigenvalue weighted by atomic mass is 10.1. The molecule has 0 aliphatic heterocycles. The Morgan fingerprint density at radius 1 is 0.947 bits per heavy atom. The lowest BCUT2D eigenvalue weighted by Crippen LogP contribution is -2.25. The molecule has 0 spiro atoms. The molecule has 0 fully saturated rings. The zero-order chi connectivity index (χ0) is 13.8. The average Bonchev–Trinajstić information content (AvgIpc) is 2.38. The minimum atomic E-state index is 0.651. The maximum atomic E-state index is 6.21. The van der Waals surface area contributed by atoms with E-state index in [1.807, 2.05) is 54.6 Å². The minimum absolute atomic E-state index is 0.651. The maximum absolute atomic E-state index is 6.21. The summed E-state index contributed by atoms with van der Waals surface area (Å²) in [5, 5.41) is 2.89. The number of hydrogen-bond acceptors (Lipinski definition) is 2. The number of nitrogens with two attached hydrogens (primary N) is 1. The van der Waals surface area contributed by atoms with Crippen molar-refractivity contribution in [1.82, 2.24) is 0 Å². The van der Waals surface area contributed by atoms with Gasteiger partial charge in [-0.1, -0.05) is 59.6 Å². The highest BCUT2D eigenvalue weighted by Crippen LogP contribution is 2.28. The van der Waals surface area contributed by atoms with Gasteiger partial charge in [0.2, 0.25) is 0 Å². The highest BCUT2D eigenvalue weighted by molar-refractivity contribution is 6.33. The van der Waals surface area contributed by atoms with Crippen LogP contribution in [0.3, 0.4) is 0 Å². The molecule has 0 atom stereocenters. The Kier molecular flexibility index (Phi) is 4.48. The van der Waals surface area contributed by atoms with Crippen molar-refractivity contribution in [2.75, 3.05) is 12.1 Å². The van der Waals surface area contributed by atoms with E-state index in [1.165, 1.54) is 5.01 Å². The Labute approximate surface area is 123 Å². The Morgan fingerprint density at radius 2 is 1.63 bits per heavy atom. The molecule has 0 saturated carbocycles. The van der Waals surface area contributed by atoms with Crippen LogP contribution in [0.2, 0.25) is 10.0 Å². The largest absolute Gasteiger partial charge is 0.313 e. The Balaban J connectivity index is 2.41. The van der Waals surface area contributed by atoms with Crippen molar-refractivity contribution in [2.24, 2.45) is 5.84 Å². The molecule has 0 bridgehead atoms. The number of nitrogens with zero attached hydrogens (tertiary/aromatic N) is 1. The number of halogens is 2. The predicted octanol–water partition coefficient (Wildman–Crippen LogP) is 4.47. The number of anilines is 1. The third-order valence-electron chi connectivity index (χ3n) is 2.74. The normalized spacial score (nSPS) is 10.9. The van der Waals surface area contributed by atoms with Crippen LogP contribution in [0.5, 0.6) is 0 Å². The monoisotopic (exact) mass is 292 g/mol. The van der Waals surface area contributed by atoms with Crippen LogP contribution in [0.25, 0.3) is 12.2 Å². The second kappa shape index (κ2) is 6.11. The molecule has 2 N–H and O–H groups in total. The second-order valence-electron chi connectivity index (χ2n) is 4.14. The lowest BCUT2D eigenvalue weighted by Gasteiger charge is -2.16. The molecule has 0 aromatic heterocycles. The van der Waals surface area contributed by atoms with Crippen molar-refractivity contribution in [2.45, 2.75) is 0 Å². The summed E-state index contributed by atoms with van der Waals surface area (Å²) in [7, 11) is 1.78. The van der Waals surface area contributed by atoms with E-state index in [-0.39, 0.29) is 0 Å². The van der Waals surface area contributed by atoms with Crippen molar-refractivity contribution >= 4 is 41.0 Å². The van der Waals surface area contributed by atoms with Crippen molar-refractivity contribution in [3.8, 4) is 0 Å². The Hall–Kier alpha value is -1.48. The molecule has 2 nitrogen and oxygen atoms in total. The van der Waals surface area contributed by atoms with Gasteiger partial charge in [-0.05, 0) is 23.8 Å². The zero-order valence-corrected chi connectivity index (χ0v) is 12.0. The molecule has 0 radical (unpaired) electrons. The van der Waals surface area contributed by atoms with Gasteiger partial charge in [0.1, 0.15) is 0 Å². The van der Waals surface area contributed by atoms with E-state index in [9.17, 15) is 0 Å². The summed E-state index contributed by atoms with van der Waals surface area (Å²) >= 11 is 12.3. The molecular weight excluding hydrogens is 279 g/mol. The molecule has 0 heterocycles. The molecular formula is C15H14Cl2N2. The van der Waals surface area contributed by atoms with Gasteiger partial charge in [-0.25, -0.2) is 5.84 Å². The first kappa shape index (κ1) is 13.9. The summed E-state index contributed by atoms with van der Waals surface area (Å²) in [5.74, 6) is 5.80. The summed E-state index contributed by atoms with van der Waals surface area (Å²) < 4.78 is 0. The van der Waals surface area contributed by atoms with E-state index in [0.717, 1.165) is 16.8 Å². The minimum Gasteiger partial charge on any atom is -0.313 e. The first-order valence-corrected chi connectivity index (χ1v) is 6.54. The molecule has 0 aliphatic rings.